The number of amides is 8. The highest BCUT2D eigenvalue weighted by Gasteiger charge is 2.36. The minimum absolute atomic E-state index is 0.00811. The molecule has 32 heteroatoms. The predicted octanol–water partition coefficient (Wildman–Crippen LogP) is 8.89. The molecule has 0 radical (unpaired) electrons. The number of nitrogens with zero attached hydrogens (tertiary/aromatic N) is 14. The van der Waals surface area contributed by atoms with E-state index >= 15 is 0 Å². The van der Waals surface area contributed by atoms with Crippen LogP contribution in [0.4, 0.5) is 0 Å². The molecule has 13 heterocycles. The van der Waals surface area contributed by atoms with Crippen LogP contribution in [0.2, 0.25) is 0 Å². The lowest BCUT2D eigenvalue weighted by Crippen LogP contribution is -2.39. The van der Waals surface area contributed by atoms with Gasteiger partial charge in [0.25, 0.3) is 0 Å². The molecule has 2 aliphatic heterocycles. The number of nitrogens with one attached hydrogen (secondary N) is 10. The first-order valence-electron chi connectivity index (χ1n) is 39.6. The van der Waals surface area contributed by atoms with Crippen LogP contribution in [-0.2, 0) is 90.7 Å². The van der Waals surface area contributed by atoms with E-state index < -0.39 is 70.9 Å². The molecule has 0 saturated carbocycles. The fourth-order valence-corrected chi connectivity index (χ4v) is 14.5. The van der Waals surface area contributed by atoms with Gasteiger partial charge in [-0.05, 0) is 144 Å². The largest absolute Gasteiger partial charge is 0.349 e. The first kappa shape index (κ1) is 79.7. The summed E-state index contributed by atoms with van der Waals surface area (Å²) in [7, 11) is 0. The van der Waals surface area contributed by atoms with Crippen LogP contribution in [0, 0.1) is 0 Å². The number of aromatic nitrogens is 16. The van der Waals surface area contributed by atoms with E-state index in [1.807, 2.05) is 0 Å². The number of aromatic amines is 2. The maximum atomic E-state index is 14.9. The zero-order chi connectivity index (χ0) is 84.8. The van der Waals surface area contributed by atoms with Crippen LogP contribution in [0.25, 0.3) is 89.7 Å². The second-order valence-corrected chi connectivity index (χ2v) is 28.9. The van der Waals surface area contributed by atoms with Gasteiger partial charge in [-0.25, -0.2) is 29.9 Å². The van der Waals surface area contributed by atoms with E-state index in [0.29, 0.717) is 89.4 Å². The highest BCUT2D eigenvalue weighted by atomic mass is 16.2. The van der Waals surface area contributed by atoms with Gasteiger partial charge in [0.1, 0.15) is 46.3 Å². The standard InChI is InChI=1S/C92H74N24O8/c117-85(101-45-57-17-1-9-33-93-57)73(86(118)102-46-58-18-2-10-34-94-58)53-25-29-65-69(41-53)81-109-77(65)114-82-71-43-55(75(89(121)105-49-61-21-5-13-37-97-61)90(122)106-50-62-22-6-14-38-98-62)27-31-67(71)79(111-82)116-84-72-44-56(76(91(123)107-51-63-23-7-15-39-99-63)92(124)108-52-64-24-8-16-40-100-64)28-32-68(72)80(112-84)115-83-70-42-54(26-30-66(70)78(110-83)113-81)74(87(119)103-47-59-19-3-11-35-95-59)88(120)104-48-60-20-4-12-36-96-60/h1-44,73-76H,45-52H2,(H,101,117)(H,102,118)(H,103,119)(H,104,120)(H,105,121)(H,106,122)(H,107,123)(H,108,124)(H2,109,110,111,112,113,114,115,116). The highest BCUT2D eigenvalue weighted by molar-refractivity contribution is 6.12. The first-order valence-corrected chi connectivity index (χ1v) is 39.6. The molecule has 0 aliphatic carbocycles. The molecule has 17 rings (SSSR count). The van der Waals surface area contributed by atoms with Crippen molar-refractivity contribution >= 4 is 91.4 Å². The van der Waals surface area contributed by atoms with Gasteiger partial charge in [0.05, 0.1) is 97.9 Å². The number of fused-ring (bicyclic) bond motifs is 20. The summed E-state index contributed by atoms with van der Waals surface area (Å²) < 4.78 is 0. The molecule has 32 nitrogen and oxygen atoms in total. The Bertz CT molecular complexity index is 6100. The molecule has 8 amide bonds. The van der Waals surface area contributed by atoms with Crippen LogP contribution in [0.1, 0.15) is 91.5 Å². The molecule has 0 saturated heterocycles. The molecule has 0 unspecified atom stereocenters. The molecule has 10 N–H and O–H groups in total. The van der Waals surface area contributed by atoms with Crippen molar-refractivity contribution in [3.8, 4) is 45.6 Å². The summed E-state index contributed by atoms with van der Waals surface area (Å²) in [5.41, 5.74) is 6.88. The van der Waals surface area contributed by atoms with Crippen LogP contribution in [0.15, 0.2) is 268 Å². The number of H-pyrrole nitrogens is 2. The van der Waals surface area contributed by atoms with Crippen molar-refractivity contribution < 1.29 is 38.4 Å². The van der Waals surface area contributed by atoms with Crippen LogP contribution < -0.4 is 42.5 Å². The third-order valence-corrected chi connectivity index (χ3v) is 20.7. The maximum absolute atomic E-state index is 14.9. The van der Waals surface area contributed by atoms with Crippen LogP contribution in [0.5, 0.6) is 0 Å². The molecular weight excluding hydrogens is 1570 g/mol. The van der Waals surface area contributed by atoms with Crippen LogP contribution in [0.3, 0.4) is 0 Å². The summed E-state index contributed by atoms with van der Waals surface area (Å²) in [6, 6.07) is 62.0. The minimum atomic E-state index is -1.51. The monoisotopic (exact) mass is 1640 g/mol. The number of hydrogen-bond donors (Lipinski definition) is 10. The average molecular weight is 1640 g/mol. The number of benzene rings is 4. The summed E-state index contributed by atoms with van der Waals surface area (Å²) in [6.07, 6.45) is 12.8. The molecule has 15 aromatic rings. The zero-order valence-corrected chi connectivity index (χ0v) is 65.9. The van der Waals surface area contributed by atoms with Crippen LogP contribution >= 0.6 is 0 Å². The third-order valence-electron chi connectivity index (χ3n) is 20.7. The van der Waals surface area contributed by atoms with Gasteiger partial charge in [0.15, 0.2) is 23.3 Å². The van der Waals surface area contributed by atoms with E-state index in [9.17, 15) is 38.4 Å². The number of carbonyl (C=O) groups is 8. The molecule has 4 aromatic carbocycles. The lowest BCUT2D eigenvalue weighted by molar-refractivity contribution is -0.133. The van der Waals surface area contributed by atoms with Crippen molar-refractivity contribution in [3.63, 3.8) is 0 Å². The number of pyridine rings is 8. The van der Waals surface area contributed by atoms with Gasteiger partial charge in [0.2, 0.25) is 47.3 Å². The van der Waals surface area contributed by atoms with Gasteiger partial charge < -0.3 is 52.5 Å². The maximum Gasteiger partial charge on any atom is 0.237 e. The molecule has 8 bridgehead atoms. The van der Waals surface area contributed by atoms with Crippen molar-refractivity contribution in [1.82, 2.24) is 122 Å². The van der Waals surface area contributed by atoms with Gasteiger partial charge in [-0.1, -0.05) is 97.1 Å². The van der Waals surface area contributed by atoms with E-state index in [1.54, 1.807) is 268 Å². The second-order valence-electron chi connectivity index (χ2n) is 28.9. The fourth-order valence-electron chi connectivity index (χ4n) is 14.5. The Morgan fingerprint density at radius 2 is 0.419 bits per heavy atom. The summed E-state index contributed by atoms with van der Waals surface area (Å²) in [6.45, 7) is -0.225. The SMILES string of the molecule is O=C(NCc1ccccn1)C(C(=O)NCc1ccccn1)c1ccc2c(c1)-c1nc-2nc2[nH]c(nc3nc(nc4[nH]c(n1)c1ccc(C(C(=O)NCc5ccccn5)C(=O)NCc5ccccn5)cc41)-c1ccc(C(C(=O)NCc4ccccn4)C(=O)NCc4ccccn4)cc1-3)c1ccc(C(C(=O)NCc3ccccn3)C(=O)NCc3ccccn3)cc21. The Balaban J connectivity index is 0.888. The highest BCUT2D eigenvalue weighted by Crippen LogP contribution is 2.41. The molecule has 0 spiro atoms. The first-order chi connectivity index (χ1) is 60.7. The summed E-state index contributed by atoms with van der Waals surface area (Å²) in [5, 5.41) is 24.8. The van der Waals surface area contributed by atoms with Crippen molar-refractivity contribution in [2.45, 2.75) is 76.0 Å². The van der Waals surface area contributed by atoms with Gasteiger partial charge >= 0.3 is 0 Å². The van der Waals surface area contributed by atoms with E-state index in [0.717, 1.165) is 0 Å². The van der Waals surface area contributed by atoms with Crippen LogP contribution in [-0.4, -0.2) is 127 Å². The fraction of sp³-hybridized carbons (Fsp3) is 0.130. The molecular formula is C92H74N24O8. The van der Waals surface area contributed by atoms with Crippen molar-refractivity contribution in [3.05, 3.63) is 336 Å². The van der Waals surface area contributed by atoms with E-state index in [1.165, 1.54) is 0 Å². The van der Waals surface area contributed by atoms with Crippen molar-refractivity contribution in [2.24, 2.45) is 0 Å². The van der Waals surface area contributed by atoms with Gasteiger partial charge in [-0.2, -0.15) is 0 Å². The molecule has 610 valence electrons. The molecule has 2 aliphatic rings. The Morgan fingerprint density at radius 3 is 0.637 bits per heavy atom. The molecule has 0 atom stereocenters. The normalized spacial score (nSPS) is 11.4. The van der Waals surface area contributed by atoms with E-state index in [4.69, 9.17) is 29.9 Å². The lowest BCUT2D eigenvalue weighted by atomic mass is 9.93. The summed E-state index contributed by atoms with van der Waals surface area (Å²) in [4.78, 5) is 193. The van der Waals surface area contributed by atoms with Crippen molar-refractivity contribution in [2.75, 3.05) is 0 Å². The predicted molar refractivity (Wildman–Crippen MR) is 456 cm³/mol. The smallest absolute Gasteiger partial charge is 0.237 e. The number of carbonyl (C=O) groups excluding carboxylic acids is 8. The molecule has 124 heavy (non-hydrogen) atoms. The quantitative estimate of drug-likeness (QED) is 0.0204. The zero-order valence-electron chi connectivity index (χ0n) is 65.9. The Hall–Kier alpha value is -16.8. The second kappa shape index (κ2) is 36.6. The lowest BCUT2D eigenvalue weighted by Gasteiger charge is -2.18. The van der Waals surface area contributed by atoms with E-state index in [2.05, 4.69) is 92.4 Å². The molecule has 11 aromatic heterocycles. The Labute approximate surface area is 705 Å². The van der Waals surface area contributed by atoms with Crippen molar-refractivity contribution in [1.29, 1.82) is 0 Å². The number of hydrogen-bond acceptors (Lipinski definition) is 22. The van der Waals surface area contributed by atoms with E-state index in [-0.39, 0.29) is 120 Å². The molecule has 0 fully saturated rings. The summed E-state index contributed by atoms with van der Waals surface area (Å²) >= 11 is 0. The Morgan fingerprint density at radius 1 is 0.218 bits per heavy atom. The minimum Gasteiger partial charge on any atom is -0.349 e. The summed E-state index contributed by atoms with van der Waals surface area (Å²) in [5.74, 6) is -11.3. The third kappa shape index (κ3) is 18.1. The number of rotatable bonds is 28. The average Bonchev–Trinajstić information content (AvgIpc) is 1.59. The van der Waals surface area contributed by atoms with Gasteiger partial charge in [-0.3, -0.25) is 78.2 Å². The Kier molecular flexibility index (Phi) is 23.5. The van der Waals surface area contributed by atoms with Gasteiger partial charge in [0, 0.05) is 93.4 Å². The van der Waals surface area contributed by atoms with Gasteiger partial charge in [-0.15, -0.1) is 0 Å². The topological polar surface area (TPSA) is 445 Å².